The topological polar surface area (TPSA) is 62.9 Å². The van der Waals surface area contributed by atoms with E-state index in [1.807, 2.05) is 20.8 Å². The Bertz CT molecular complexity index is 929. The second-order valence-electron chi connectivity index (χ2n) is 7.03. The molecule has 2 aromatic heterocycles. The van der Waals surface area contributed by atoms with Gasteiger partial charge in [-0.3, -0.25) is 4.90 Å². The van der Waals surface area contributed by atoms with E-state index in [0.29, 0.717) is 17.2 Å². The van der Waals surface area contributed by atoms with Crippen LogP contribution in [0.15, 0.2) is 24.3 Å². The van der Waals surface area contributed by atoms with E-state index in [-0.39, 0.29) is 29.9 Å². The Morgan fingerprint density at radius 3 is 2.52 bits per heavy atom. The minimum atomic E-state index is -0.277. The van der Waals surface area contributed by atoms with Crippen LogP contribution in [0.3, 0.4) is 0 Å². The van der Waals surface area contributed by atoms with Crippen molar-refractivity contribution in [1.82, 2.24) is 19.5 Å². The van der Waals surface area contributed by atoms with E-state index in [1.54, 1.807) is 12.1 Å². The van der Waals surface area contributed by atoms with Gasteiger partial charge in [-0.05, 0) is 31.5 Å². The molecule has 1 aliphatic heterocycles. The maximum atomic E-state index is 13.5. The molecule has 0 saturated carbocycles. The zero-order valence-corrected chi connectivity index (χ0v) is 16.4. The Morgan fingerprint density at radius 1 is 1.26 bits per heavy atom. The van der Waals surface area contributed by atoms with Gasteiger partial charge in [0, 0.05) is 19.5 Å². The molecule has 0 spiro atoms. The standard InChI is InChI=1S/C19H23FN4O2S/c1-4-15-21-19-24(22-15)18(25)17(27-19)16(13-5-7-14(20)8-6-13)23-9-11(2)26-12(3)10-23/h5-8,11-12,16,25H,4,9-10H2,1-3H3/t11-,12-,16-/m1/s1. The highest BCUT2D eigenvalue weighted by molar-refractivity contribution is 7.17. The smallest absolute Gasteiger partial charge is 0.230 e. The molecule has 27 heavy (non-hydrogen) atoms. The third kappa shape index (κ3) is 3.44. The predicted molar refractivity (Wildman–Crippen MR) is 102 cm³/mol. The van der Waals surface area contributed by atoms with Gasteiger partial charge in [0.15, 0.2) is 5.82 Å². The molecule has 0 aliphatic carbocycles. The van der Waals surface area contributed by atoms with Crippen LogP contribution < -0.4 is 0 Å². The number of aromatic nitrogens is 3. The van der Waals surface area contributed by atoms with E-state index < -0.39 is 0 Å². The molecule has 4 rings (SSSR count). The summed E-state index contributed by atoms with van der Waals surface area (Å²) in [7, 11) is 0. The van der Waals surface area contributed by atoms with E-state index in [4.69, 9.17) is 4.74 Å². The lowest BCUT2D eigenvalue weighted by atomic mass is 10.0. The zero-order valence-electron chi connectivity index (χ0n) is 15.6. The molecule has 1 saturated heterocycles. The van der Waals surface area contributed by atoms with E-state index in [1.165, 1.54) is 28.0 Å². The summed E-state index contributed by atoms with van der Waals surface area (Å²) in [6, 6.07) is 6.25. The van der Waals surface area contributed by atoms with E-state index in [2.05, 4.69) is 15.0 Å². The lowest BCUT2D eigenvalue weighted by Crippen LogP contribution is -2.47. The summed E-state index contributed by atoms with van der Waals surface area (Å²) in [5.41, 5.74) is 0.924. The summed E-state index contributed by atoms with van der Waals surface area (Å²) in [6.45, 7) is 7.51. The lowest BCUT2D eigenvalue weighted by Gasteiger charge is -2.40. The number of morpholine rings is 1. The molecule has 3 atom stereocenters. The summed E-state index contributed by atoms with van der Waals surface area (Å²) < 4.78 is 20.9. The van der Waals surface area contributed by atoms with Crippen molar-refractivity contribution >= 4 is 16.3 Å². The summed E-state index contributed by atoms with van der Waals surface area (Å²) in [5, 5.41) is 15.3. The molecule has 1 aromatic carbocycles. The van der Waals surface area contributed by atoms with Crippen molar-refractivity contribution in [2.45, 2.75) is 45.4 Å². The zero-order chi connectivity index (χ0) is 19.1. The second-order valence-corrected chi connectivity index (χ2v) is 8.04. The predicted octanol–water partition coefficient (Wildman–Crippen LogP) is 3.40. The number of thiazole rings is 1. The molecule has 8 heteroatoms. The fraction of sp³-hybridized carbons (Fsp3) is 0.474. The highest BCUT2D eigenvalue weighted by atomic mass is 32.1. The van der Waals surface area contributed by atoms with E-state index in [9.17, 15) is 9.50 Å². The van der Waals surface area contributed by atoms with Crippen LogP contribution >= 0.6 is 11.3 Å². The number of aromatic hydroxyl groups is 1. The molecule has 0 amide bonds. The van der Waals surface area contributed by atoms with Crippen LogP contribution in [0.2, 0.25) is 0 Å². The molecule has 0 bridgehead atoms. The highest BCUT2D eigenvalue weighted by Gasteiger charge is 2.34. The molecule has 3 heterocycles. The third-order valence-corrected chi connectivity index (χ3v) is 5.88. The first-order valence-corrected chi connectivity index (χ1v) is 10.00. The van der Waals surface area contributed by atoms with Crippen LogP contribution in [0.4, 0.5) is 4.39 Å². The van der Waals surface area contributed by atoms with Gasteiger partial charge in [-0.1, -0.05) is 30.4 Å². The first-order valence-electron chi connectivity index (χ1n) is 9.18. The number of halogens is 1. The first-order chi connectivity index (χ1) is 13.0. The van der Waals surface area contributed by atoms with E-state index >= 15 is 0 Å². The Kier molecular flexibility index (Phi) is 4.88. The number of fused-ring (bicyclic) bond motifs is 1. The van der Waals surface area contributed by atoms with Crippen LogP contribution in [-0.2, 0) is 11.2 Å². The van der Waals surface area contributed by atoms with Crippen LogP contribution in [0, 0.1) is 5.82 Å². The summed E-state index contributed by atoms with van der Waals surface area (Å²) in [5.74, 6) is 0.527. The molecule has 6 nitrogen and oxygen atoms in total. The van der Waals surface area contributed by atoms with Gasteiger partial charge in [0.1, 0.15) is 5.82 Å². The van der Waals surface area contributed by atoms with Gasteiger partial charge in [0.25, 0.3) is 0 Å². The maximum Gasteiger partial charge on any atom is 0.230 e. The number of benzene rings is 1. The molecular weight excluding hydrogens is 367 g/mol. The van der Waals surface area contributed by atoms with Crippen molar-refractivity contribution in [1.29, 1.82) is 0 Å². The highest BCUT2D eigenvalue weighted by Crippen LogP contribution is 2.40. The van der Waals surface area contributed by atoms with Gasteiger partial charge in [-0.2, -0.15) is 4.52 Å². The number of nitrogens with zero attached hydrogens (tertiary/aromatic N) is 4. The second kappa shape index (κ2) is 7.18. The Labute approximate surface area is 161 Å². The molecule has 3 aromatic rings. The van der Waals surface area contributed by atoms with Crippen molar-refractivity contribution in [3.63, 3.8) is 0 Å². The van der Waals surface area contributed by atoms with Gasteiger partial charge < -0.3 is 9.84 Å². The molecule has 0 unspecified atom stereocenters. The number of hydrogen-bond donors (Lipinski definition) is 1. The van der Waals surface area contributed by atoms with Gasteiger partial charge in [-0.25, -0.2) is 9.37 Å². The molecule has 0 radical (unpaired) electrons. The first kappa shape index (κ1) is 18.3. The van der Waals surface area contributed by atoms with Gasteiger partial charge >= 0.3 is 0 Å². The maximum absolute atomic E-state index is 13.5. The SMILES string of the molecule is CCc1nc2sc([C@@H](c3ccc(F)cc3)N3C[C@@H](C)O[C@H](C)C3)c(O)n2n1. The van der Waals surface area contributed by atoms with Crippen LogP contribution in [-0.4, -0.2) is 49.9 Å². The van der Waals surface area contributed by atoms with Crippen LogP contribution in [0.25, 0.3) is 4.96 Å². The van der Waals surface area contributed by atoms with Gasteiger partial charge in [0.05, 0.1) is 23.1 Å². The van der Waals surface area contributed by atoms with Gasteiger partial charge in [0.2, 0.25) is 10.8 Å². The number of rotatable bonds is 4. The van der Waals surface area contributed by atoms with Crippen molar-refractivity contribution < 1.29 is 14.2 Å². The largest absolute Gasteiger partial charge is 0.492 e. The Morgan fingerprint density at radius 2 is 1.93 bits per heavy atom. The fourth-order valence-electron chi connectivity index (χ4n) is 3.72. The van der Waals surface area contributed by atoms with Gasteiger partial charge in [-0.15, -0.1) is 5.10 Å². The lowest BCUT2D eigenvalue weighted by molar-refractivity contribution is -0.0764. The molecular formula is C19H23FN4O2S. The molecule has 144 valence electrons. The summed E-state index contributed by atoms with van der Waals surface area (Å²) in [6.07, 6.45) is 0.865. The fourth-order valence-corrected chi connectivity index (χ4v) is 4.86. The number of ether oxygens (including phenoxy) is 1. The quantitative estimate of drug-likeness (QED) is 0.740. The van der Waals surface area contributed by atoms with Crippen molar-refractivity contribution in [2.24, 2.45) is 0 Å². The van der Waals surface area contributed by atoms with Crippen molar-refractivity contribution in [2.75, 3.05) is 13.1 Å². The number of hydrogen-bond acceptors (Lipinski definition) is 6. The molecule has 1 N–H and O–H groups in total. The normalized spacial score (nSPS) is 22.4. The molecule has 1 fully saturated rings. The third-order valence-electron chi connectivity index (χ3n) is 4.81. The average Bonchev–Trinajstić information content (AvgIpc) is 3.16. The van der Waals surface area contributed by atoms with E-state index in [0.717, 1.165) is 23.5 Å². The average molecular weight is 390 g/mol. The van der Waals surface area contributed by atoms with Crippen LogP contribution in [0.1, 0.15) is 43.1 Å². The molecule has 1 aliphatic rings. The monoisotopic (exact) mass is 390 g/mol. The summed E-state index contributed by atoms with van der Waals surface area (Å²) >= 11 is 1.43. The van der Waals surface area contributed by atoms with Crippen LogP contribution in [0.5, 0.6) is 5.88 Å². The van der Waals surface area contributed by atoms with Crippen molar-refractivity contribution in [3.8, 4) is 5.88 Å². The summed E-state index contributed by atoms with van der Waals surface area (Å²) in [4.78, 5) is 8.19. The van der Waals surface area contributed by atoms with Crippen molar-refractivity contribution in [3.05, 3.63) is 46.3 Å². The Balaban J connectivity index is 1.81. The minimum Gasteiger partial charge on any atom is -0.492 e. The Hall–Kier alpha value is -2.03. The minimum absolute atomic E-state index is 0.0766. The number of aryl methyl sites for hydroxylation is 1.